The number of carbonyl (C=O) groups excluding carboxylic acids is 1. The first kappa shape index (κ1) is 12.1. The molecule has 1 heterocycles. The molecule has 4 heteroatoms. The first-order valence-electron chi connectivity index (χ1n) is 5.69. The maximum absolute atomic E-state index is 11.7. The van der Waals surface area contributed by atoms with E-state index in [4.69, 9.17) is 4.74 Å². The molecule has 0 aliphatic rings. The van der Waals surface area contributed by atoms with Crippen LogP contribution < -0.4 is 0 Å². The zero-order valence-corrected chi connectivity index (χ0v) is 10.1. The summed E-state index contributed by atoms with van der Waals surface area (Å²) in [5.41, 5.74) is 2.70. The molecule has 0 amide bonds. The van der Waals surface area contributed by atoms with Crippen molar-refractivity contribution in [2.24, 2.45) is 0 Å². The van der Waals surface area contributed by atoms with Gasteiger partial charge in [0.2, 0.25) is 0 Å². The van der Waals surface area contributed by atoms with Crippen LogP contribution in [-0.2, 0) is 9.53 Å². The van der Waals surface area contributed by atoms with E-state index in [0.29, 0.717) is 17.7 Å². The Morgan fingerprint density at radius 3 is 2.78 bits per heavy atom. The number of hydrogen-bond donors (Lipinski definition) is 1. The summed E-state index contributed by atoms with van der Waals surface area (Å²) in [6, 6.07) is 9.66. The molecule has 0 saturated heterocycles. The van der Waals surface area contributed by atoms with Crippen LogP contribution in [0, 0.1) is 0 Å². The molecular weight excluding hydrogens is 228 g/mol. The van der Waals surface area contributed by atoms with Crippen molar-refractivity contribution in [3.05, 3.63) is 48.7 Å². The molecule has 0 aliphatic carbocycles. The zero-order chi connectivity index (χ0) is 13.0. The smallest absolute Gasteiger partial charge is 0.338 e. The molecule has 2 aromatic rings. The number of aromatic amines is 1. The number of rotatable bonds is 4. The van der Waals surface area contributed by atoms with Gasteiger partial charge in [0.25, 0.3) is 0 Å². The molecule has 0 spiro atoms. The Labute approximate surface area is 105 Å². The van der Waals surface area contributed by atoms with Crippen molar-refractivity contribution >= 4 is 11.5 Å². The topological polar surface area (TPSA) is 55.0 Å². The Balaban J connectivity index is 2.34. The van der Waals surface area contributed by atoms with E-state index in [2.05, 4.69) is 16.8 Å². The molecule has 0 fully saturated rings. The van der Waals surface area contributed by atoms with Crippen LogP contribution in [0.4, 0.5) is 0 Å². The highest BCUT2D eigenvalue weighted by Gasteiger charge is 2.16. The molecule has 0 bridgehead atoms. The summed E-state index contributed by atoms with van der Waals surface area (Å²) in [5, 5.41) is 6.85. The maximum atomic E-state index is 11.7. The minimum Gasteiger partial charge on any atom is -0.462 e. The molecule has 0 unspecified atom stereocenters. The van der Waals surface area contributed by atoms with E-state index in [1.54, 1.807) is 13.1 Å². The van der Waals surface area contributed by atoms with Crippen LogP contribution in [0.25, 0.3) is 16.8 Å². The van der Waals surface area contributed by atoms with E-state index in [9.17, 15) is 4.79 Å². The van der Waals surface area contributed by atoms with Gasteiger partial charge in [0.05, 0.1) is 24.1 Å². The molecule has 92 valence electrons. The Hall–Kier alpha value is -2.36. The van der Waals surface area contributed by atoms with Crippen LogP contribution in [0.15, 0.2) is 43.1 Å². The molecule has 0 radical (unpaired) electrons. The average molecular weight is 242 g/mol. The van der Waals surface area contributed by atoms with Gasteiger partial charge in [0, 0.05) is 11.1 Å². The molecule has 1 N–H and O–H groups in total. The largest absolute Gasteiger partial charge is 0.462 e. The number of ether oxygens (including phenoxy) is 1. The third-order valence-electron chi connectivity index (χ3n) is 2.55. The van der Waals surface area contributed by atoms with Gasteiger partial charge in [-0.15, -0.1) is 0 Å². The second kappa shape index (κ2) is 5.31. The highest BCUT2D eigenvalue weighted by Crippen LogP contribution is 2.26. The van der Waals surface area contributed by atoms with Gasteiger partial charge in [-0.1, -0.05) is 36.9 Å². The number of H-pyrrole nitrogens is 1. The monoisotopic (exact) mass is 242 g/mol. The molecule has 4 nitrogen and oxygen atoms in total. The van der Waals surface area contributed by atoms with Crippen molar-refractivity contribution in [1.29, 1.82) is 0 Å². The SMILES string of the molecule is C=C(C(=O)OCC)c1cn[nH]c1-c1ccccc1. The normalized spacial score (nSPS) is 10.1. The third kappa shape index (κ3) is 2.32. The van der Waals surface area contributed by atoms with Crippen LogP contribution >= 0.6 is 0 Å². The number of nitrogens with one attached hydrogen (secondary N) is 1. The minimum atomic E-state index is -0.420. The predicted molar refractivity (Wildman–Crippen MR) is 69.7 cm³/mol. The van der Waals surface area contributed by atoms with E-state index in [0.717, 1.165) is 11.3 Å². The molecule has 2 rings (SSSR count). The van der Waals surface area contributed by atoms with Gasteiger partial charge < -0.3 is 4.74 Å². The molecule has 1 aromatic heterocycles. The van der Waals surface area contributed by atoms with E-state index in [1.807, 2.05) is 30.3 Å². The zero-order valence-electron chi connectivity index (χ0n) is 10.1. The standard InChI is InChI=1S/C14H14N2O2/c1-3-18-14(17)10(2)12-9-15-16-13(12)11-7-5-4-6-8-11/h4-9H,2-3H2,1H3,(H,15,16). The summed E-state index contributed by atoms with van der Waals surface area (Å²) in [7, 11) is 0. The number of carbonyl (C=O) groups is 1. The van der Waals surface area contributed by atoms with Crippen LogP contribution in [0.5, 0.6) is 0 Å². The van der Waals surface area contributed by atoms with Gasteiger partial charge in [-0.2, -0.15) is 5.10 Å². The van der Waals surface area contributed by atoms with Gasteiger partial charge in [-0.3, -0.25) is 5.10 Å². The number of benzene rings is 1. The fraction of sp³-hybridized carbons (Fsp3) is 0.143. The van der Waals surface area contributed by atoms with Crippen molar-refractivity contribution < 1.29 is 9.53 Å². The average Bonchev–Trinajstić information content (AvgIpc) is 2.88. The van der Waals surface area contributed by atoms with E-state index in [-0.39, 0.29) is 0 Å². The van der Waals surface area contributed by atoms with Crippen molar-refractivity contribution in [1.82, 2.24) is 10.2 Å². The third-order valence-corrected chi connectivity index (χ3v) is 2.55. The van der Waals surface area contributed by atoms with Crippen molar-refractivity contribution in [3.63, 3.8) is 0 Å². The van der Waals surface area contributed by atoms with Gasteiger partial charge in [0.1, 0.15) is 0 Å². The van der Waals surface area contributed by atoms with Gasteiger partial charge in [-0.25, -0.2) is 4.79 Å². The predicted octanol–water partition coefficient (Wildman–Crippen LogP) is 2.65. The summed E-state index contributed by atoms with van der Waals surface area (Å²) in [4.78, 5) is 11.7. The lowest BCUT2D eigenvalue weighted by atomic mass is 10.0. The molecular formula is C14H14N2O2. The first-order valence-corrected chi connectivity index (χ1v) is 5.69. The lowest BCUT2D eigenvalue weighted by Gasteiger charge is -2.06. The molecule has 18 heavy (non-hydrogen) atoms. The number of esters is 1. The Kier molecular flexibility index (Phi) is 3.57. The van der Waals surface area contributed by atoms with Crippen LogP contribution in [-0.4, -0.2) is 22.8 Å². The molecule has 0 aliphatic heterocycles. The Morgan fingerprint density at radius 1 is 1.39 bits per heavy atom. The van der Waals surface area contributed by atoms with Gasteiger partial charge >= 0.3 is 5.97 Å². The molecule has 0 saturated carbocycles. The summed E-state index contributed by atoms with van der Waals surface area (Å²) in [6.07, 6.45) is 1.58. The summed E-state index contributed by atoms with van der Waals surface area (Å²) >= 11 is 0. The Morgan fingerprint density at radius 2 is 2.11 bits per heavy atom. The lowest BCUT2D eigenvalue weighted by Crippen LogP contribution is -2.06. The van der Waals surface area contributed by atoms with Crippen molar-refractivity contribution in [2.75, 3.05) is 6.61 Å². The fourth-order valence-corrected chi connectivity index (χ4v) is 1.67. The molecule has 1 aromatic carbocycles. The summed E-state index contributed by atoms with van der Waals surface area (Å²) in [6.45, 7) is 5.86. The summed E-state index contributed by atoms with van der Waals surface area (Å²) < 4.78 is 4.94. The first-order chi connectivity index (χ1) is 8.74. The Bertz CT molecular complexity index is 558. The second-order valence-electron chi connectivity index (χ2n) is 3.72. The lowest BCUT2D eigenvalue weighted by molar-refractivity contribution is -0.136. The minimum absolute atomic E-state index is 0.310. The number of nitrogens with zero attached hydrogens (tertiary/aromatic N) is 1. The van der Waals surface area contributed by atoms with E-state index >= 15 is 0 Å². The number of hydrogen-bond acceptors (Lipinski definition) is 3. The quantitative estimate of drug-likeness (QED) is 0.662. The van der Waals surface area contributed by atoms with Crippen LogP contribution in [0.1, 0.15) is 12.5 Å². The van der Waals surface area contributed by atoms with Crippen molar-refractivity contribution in [2.45, 2.75) is 6.92 Å². The summed E-state index contributed by atoms with van der Waals surface area (Å²) in [5.74, 6) is -0.420. The van der Waals surface area contributed by atoms with Gasteiger partial charge in [-0.05, 0) is 6.92 Å². The van der Waals surface area contributed by atoms with Crippen molar-refractivity contribution in [3.8, 4) is 11.3 Å². The van der Waals surface area contributed by atoms with Crippen LogP contribution in [0.2, 0.25) is 0 Å². The maximum Gasteiger partial charge on any atom is 0.338 e. The van der Waals surface area contributed by atoms with Gasteiger partial charge in [0.15, 0.2) is 0 Å². The highest BCUT2D eigenvalue weighted by atomic mass is 16.5. The fourth-order valence-electron chi connectivity index (χ4n) is 1.67. The van der Waals surface area contributed by atoms with E-state index < -0.39 is 5.97 Å². The highest BCUT2D eigenvalue weighted by molar-refractivity contribution is 6.17. The number of aromatic nitrogens is 2. The van der Waals surface area contributed by atoms with E-state index in [1.165, 1.54) is 0 Å². The van der Waals surface area contributed by atoms with Crippen LogP contribution in [0.3, 0.4) is 0 Å². The second-order valence-corrected chi connectivity index (χ2v) is 3.72. The molecule has 0 atom stereocenters.